The fraction of sp³-hybridized carbons (Fsp3) is 0.294. The van der Waals surface area contributed by atoms with E-state index in [4.69, 9.17) is 0 Å². The fourth-order valence-electron chi connectivity index (χ4n) is 2.30. The van der Waals surface area contributed by atoms with Crippen molar-refractivity contribution in [2.75, 3.05) is 0 Å². The van der Waals surface area contributed by atoms with Gasteiger partial charge in [0.05, 0.1) is 6.20 Å². The fourth-order valence-corrected chi connectivity index (χ4v) is 2.30. The Hall–Kier alpha value is -2.27. The van der Waals surface area contributed by atoms with Crippen LogP contribution in [0, 0.1) is 5.82 Å². The van der Waals surface area contributed by atoms with Crippen LogP contribution in [0.2, 0.25) is 0 Å². The summed E-state index contributed by atoms with van der Waals surface area (Å²) in [5.74, 6) is -0.570. The van der Waals surface area contributed by atoms with Crippen LogP contribution < -0.4 is 5.32 Å². The monoisotopic (exact) mass is 300 g/mol. The number of hydrogen-bond acceptors (Lipinski definition) is 3. The van der Waals surface area contributed by atoms with Crippen molar-refractivity contribution in [3.05, 3.63) is 65.2 Å². The average molecular weight is 300 g/mol. The van der Waals surface area contributed by atoms with Crippen LogP contribution in [0.15, 0.2) is 42.6 Å². The molecule has 0 radical (unpaired) electrons. The summed E-state index contributed by atoms with van der Waals surface area (Å²) in [5.41, 5.74) is 1.77. The number of aromatic nitrogens is 1. The molecule has 1 aliphatic rings. The smallest absolute Gasteiger partial charge is 0.253 e. The van der Waals surface area contributed by atoms with Crippen molar-refractivity contribution in [1.29, 1.82) is 0 Å². The maximum Gasteiger partial charge on any atom is 0.253 e. The van der Waals surface area contributed by atoms with E-state index in [2.05, 4.69) is 10.3 Å². The molecular formula is C17H17FN2O2. The standard InChI is InChI=1S/C17H17FN2O2/c18-14-10-19-15(11-6-7-11)8-13(14)9-20-17(22)16(21)12-4-2-1-3-5-12/h1-5,8,10-11,16,21H,6-7,9H2,(H,20,22). The number of nitrogens with zero attached hydrogens (tertiary/aromatic N) is 1. The van der Waals surface area contributed by atoms with E-state index in [0.29, 0.717) is 17.0 Å². The Bertz CT molecular complexity index is 672. The van der Waals surface area contributed by atoms with Gasteiger partial charge in [-0.1, -0.05) is 30.3 Å². The minimum absolute atomic E-state index is 0.0385. The molecule has 1 aromatic heterocycles. The second-order valence-electron chi connectivity index (χ2n) is 5.51. The molecule has 1 aliphatic carbocycles. The average Bonchev–Trinajstić information content (AvgIpc) is 3.39. The van der Waals surface area contributed by atoms with Gasteiger partial charge in [0.15, 0.2) is 6.10 Å². The van der Waals surface area contributed by atoms with E-state index in [-0.39, 0.29) is 6.54 Å². The van der Waals surface area contributed by atoms with Crippen molar-refractivity contribution in [3.63, 3.8) is 0 Å². The summed E-state index contributed by atoms with van der Waals surface area (Å²) in [7, 11) is 0. The van der Waals surface area contributed by atoms with Gasteiger partial charge >= 0.3 is 0 Å². The van der Waals surface area contributed by atoms with E-state index < -0.39 is 17.8 Å². The number of amides is 1. The summed E-state index contributed by atoms with van der Waals surface area (Å²) in [5, 5.41) is 12.5. The Kier molecular flexibility index (Phi) is 4.15. The zero-order chi connectivity index (χ0) is 15.5. The summed E-state index contributed by atoms with van der Waals surface area (Å²) in [6.45, 7) is 0.0385. The maximum absolute atomic E-state index is 13.8. The van der Waals surface area contributed by atoms with Gasteiger partial charge in [-0.05, 0) is 24.5 Å². The highest BCUT2D eigenvalue weighted by molar-refractivity contribution is 5.81. The normalized spacial score (nSPS) is 15.4. The molecule has 1 atom stereocenters. The number of carbonyl (C=O) groups excluding carboxylic acids is 1. The lowest BCUT2D eigenvalue weighted by Gasteiger charge is -2.12. The van der Waals surface area contributed by atoms with Crippen LogP contribution in [0.25, 0.3) is 0 Å². The SMILES string of the molecule is O=C(NCc1cc(C2CC2)ncc1F)C(O)c1ccccc1. The molecule has 1 saturated carbocycles. The van der Waals surface area contributed by atoms with Crippen molar-refractivity contribution in [1.82, 2.24) is 10.3 Å². The Labute approximate surface area is 128 Å². The molecule has 5 heteroatoms. The molecule has 2 N–H and O–H groups in total. The molecule has 0 saturated heterocycles. The third kappa shape index (κ3) is 3.31. The molecule has 0 aliphatic heterocycles. The van der Waals surface area contributed by atoms with Crippen LogP contribution in [-0.4, -0.2) is 16.0 Å². The second kappa shape index (κ2) is 6.23. The van der Waals surface area contributed by atoms with Crippen LogP contribution in [0.1, 0.15) is 41.7 Å². The predicted molar refractivity (Wildman–Crippen MR) is 79.4 cm³/mol. The summed E-state index contributed by atoms with van der Waals surface area (Å²) in [4.78, 5) is 16.0. The molecule has 1 fully saturated rings. The van der Waals surface area contributed by atoms with Gasteiger partial charge in [-0.3, -0.25) is 9.78 Å². The lowest BCUT2D eigenvalue weighted by molar-refractivity contribution is -0.129. The van der Waals surface area contributed by atoms with E-state index in [0.717, 1.165) is 18.5 Å². The van der Waals surface area contributed by atoms with Crippen molar-refractivity contribution >= 4 is 5.91 Å². The summed E-state index contributed by atoms with van der Waals surface area (Å²) in [6, 6.07) is 10.3. The zero-order valence-electron chi connectivity index (χ0n) is 12.0. The van der Waals surface area contributed by atoms with Gasteiger partial charge in [0.2, 0.25) is 0 Å². The van der Waals surface area contributed by atoms with Crippen molar-refractivity contribution in [2.45, 2.75) is 31.4 Å². The second-order valence-corrected chi connectivity index (χ2v) is 5.51. The van der Waals surface area contributed by atoms with Crippen LogP contribution in [0.5, 0.6) is 0 Å². The number of halogens is 1. The number of rotatable bonds is 5. The van der Waals surface area contributed by atoms with Gasteiger partial charge in [-0.25, -0.2) is 4.39 Å². The summed E-state index contributed by atoms with van der Waals surface area (Å²) >= 11 is 0. The predicted octanol–water partition coefficient (Wildman–Crippen LogP) is 2.45. The largest absolute Gasteiger partial charge is 0.378 e. The quantitative estimate of drug-likeness (QED) is 0.891. The number of nitrogens with one attached hydrogen (secondary N) is 1. The number of aliphatic hydroxyl groups is 1. The number of hydrogen-bond donors (Lipinski definition) is 2. The van der Waals surface area contributed by atoms with E-state index >= 15 is 0 Å². The minimum Gasteiger partial charge on any atom is -0.378 e. The molecule has 2 aromatic rings. The van der Waals surface area contributed by atoms with Crippen molar-refractivity contribution < 1.29 is 14.3 Å². The first-order valence-corrected chi connectivity index (χ1v) is 7.30. The van der Waals surface area contributed by atoms with Gasteiger partial charge in [-0.15, -0.1) is 0 Å². The first-order chi connectivity index (χ1) is 10.6. The molecule has 1 aromatic carbocycles. The molecular weight excluding hydrogens is 283 g/mol. The van der Waals surface area contributed by atoms with Gasteiger partial charge in [-0.2, -0.15) is 0 Å². The van der Waals surface area contributed by atoms with E-state index in [1.165, 1.54) is 6.20 Å². The number of pyridine rings is 1. The topological polar surface area (TPSA) is 62.2 Å². The maximum atomic E-state index is 13.8. The molecule has 22 heavy (non-hydrogen) atoms. The highest BCUT2D eigenvalue weighted by atomic mass is 19.1. The van der Waals surface area contributed by atoms with E-state index in [1.54, 1.807) is 36.4 Å². The zero-order valence-corrected chi connectivity index (χ0v) is 12.0. The Morgan fingerprint density at radius 1 is 1.36 bits per heavy atom. The highest BCUT2D eigenvalue weighted by Gasteiger charge is 2.26. The van der Waals surface area contributed by atoms with E-state index in [9.17, 15) is 14.3 Å². The highest BCUT2D eigenvalue weighted by Crippen LogP contribution is 2.39. The lowest BCUT2D eigenvalue weighted by Crippen LogP contribution is -2.29. The number of benzene rings is 1. The molecule has 0 spiro atoms. The Morgan fingerprint density at radius 2 is 2.09 bits per heavy atom. The molecule has 1 amide bonds. The third-order valence-electron chi connectivity index (χ3n) is 3.77. The minimum atomic E-state index is -1.26. The van der Waals surface area contributed by atoms with Crippen molar-refractivity contribution in [2.24, 2.45) is 0 Å². The molecule has 1 unspecified atom stereocenters. The lowest BCUT2D eigenvalue weighted by atomic mass is 10.1. The van der Waals surface area contributed by atoms with Crippen LogP contribution >= 0.6 is 0 Å². The first-order valence-electron chi connectivity index (χ1n) is 7.30. The molecule has 3 rings (SSSR count). The van der Waals surface area contributed by atoms with Gasteiger partial charge in [0.1, 0.15) is 5.82 Å². The summed E-state index contributed by atoms with van der Waals surface area (Å²) in [6.07, 6.45) is 2.10. The Morgan fingerprint density at radius 3 is 2.77 bits per heavy atom. The van der Waals surface area contributed by atoms with E-state index in [1.807, 2.05) is 0 Å². The summed E-state index contributed by atoms with van der Waals surface area (Å²) < 4.78 is 13.8. The van der Waals surface area contributed by atoms with Crippen LogP contribution in [0.3, 0.4) is 0 Å². The van der Waals surface area contributed by atoms with Gasteiger partial charge in [0, 0.05) is 23.7 Å². The third-order valence-corrected chi connectivity index (χ3v) is 3.77. The van der Waals surface area contributed by atoms with Gasteiger partial charge < -0.3 is 10.4 Å². The molecule has 4 nitrogen and oxygen atoms in total. The molecule has 0 bridgehead atoms. The number of aliphatic hydroxyl groups excluding tert-OH is 1. The number of carbonyl (C=O) groups is 1. The van der Waals surface area contributed by atoms with Crippen molar-refractivity contribution in [3.8, 4) is 0 Å². The Balaban J connectivity index is 1.64. The van der Waals surface area contributed by atoms with Crippen LogP contribution in [-0.2, 0) is 11.3 Å². The first kappa shape index (κ1) is 14.7. The molecule has 114 valence electrons. The van der Waals surface area contributed by atoms with Crippen LogP contribution in [0.4, 0.5) is 4.39 Å². The van der Waals surface area contributed by atoms with Gasteiger partial charge in [0.25, 0.3) is 5.91 Å². The molecule has 1 heterocycles.